The molecule has 2 aromatic rings. The van der Waals surface area contributed by atoms with Crippen LogP contribution in [-0.2, 0) is 14.9 Å². The fourth-order valence-electron chi connectivity index (χ4n) is 3.80. The van der Waals surface area contributed by atoms with Gasteiger partial charge in [0.2, 0.25) is 5.91 Å². The van der Waals surface area contributed by atoms with E-state index in [1.54, 1.807) is 37.4 Å². The Kier molecular flexibility index (Phi) is 6.57. The number of rotatable bonds is 7. The molecular formula is C22H25ClFNO3. The summed E-state index contributed by atoms with van der Waals surface area (Å²) in [5.41, 5.74) is 0.820. The van der Waals surface area contributed by atoms with Gasteiger partial charge in [0.05, 0.1) is 17.0 Å². The van der Waals surface area contributed by atoms with Crippen LogP contribution in [0.1, 0.15) is 38.2 Å². The van der Waals surface area contributed by atoms with Crippen molar-refractivity contribution in [2.45, 2.75) is 44.1 Å². The summed E-state index contributed by atoms with van der Waals surface area (Å²) >= 11 is 6.33. The van der Waals surface area contributed by atoms with Gasteiger partial charge in [0.15, 0.2) is 0 Å². The summed E-state index contributed by atoms with van der Waals surface area (Å²) in [6.07, 6.45) is 3.29. The van der Waals surface area contributed by atoms with E-state index in [4.69, 9.17) is 21.1 Å². The summed E-state index contributed by atoms with van der Waals surface area (Å²) in [5, 5.41) is 3.41. The predicted molar refractivity (Wildman–Crippen MR) is 109 cm³/mol. The van der Waals surface area contributed by atoms with Crippen LogP contribution in [0.3, 0.4) is 0 Å². The number of ether oxygens (including phenoxy) is 2. The van der Waals surface area contributed by atoms with E-state index >= 15 is 0 Å². The number of benzene rings is 2. The Balaban J connectivity index is 1.77. The summed E-state index contributed by atoms with van der Waals surface area (Å²) < 4.78 is 24.1. The molecule has 6 heteroatoms. The fourth-order valence-corrected chi connectivity index (χ4v) is 4.03. The van der Waals surface area contributed by atoms with Gasteiger partial charge in [0.1, 0.15) is 17.7 Å². The first kappa shape index (κ1) is 20.6. The van der Waals surface area contributed by atoms with Gasteiger partial charge in [0.25, 0.3) is 0 Å². The average molecular weight is 406 g/mol. The first-order chi connectivity index (χ1) is 13.4. The molecule has 2 aromatic carbocycles. The van der Waals surface area contributed by atoms with Crippen molar-refractivity contribution in [3.8, 4) is 5.75 Å². The highest BCUT2D eigenvalue weighted by Crippen LogP contribution is 2.42. The van der Waals surface area contributed by atoms with Crippen LogP contribution in [0.4, 0.5) is 10.1 Å². The quantitative estimate of drug-likeness (QED) is 0.676. The zero-order valence-corrected chi connectivity index (χ0v) is 16.9. The van der Waals surface area contributed by atoms with E-state index in [9.17, 15) is 9.18 Å². The summed E-state index contributed by atoms with van der Waals surface area (Å²) in [7, 11) is 1.61. The lowest BCUT2D eigenvalue weighted by Gasteiger charge is -2.28. The predicted octanol–water partition coefficient (Wildman–Crippen LogP) is 5.34. The first-order valence-corrected chi connectivity index (χ1v) is 9.85. The molecule has 1 aliphatic rings. The Morgan fingerprint density at radius 3 is 2.50 bits per heavy atom. The molecule has 1 N–H and O–H groups in total. The molecule has 0 spiro atoms. The molecule has 1 atom stereocenters. The molecule has 1 amide bonds. The van der Waals surface area contributed by atoms with Gasteiger partial charge in [-0.25, -0.2) is 4.39 Å². The standard InChI is InChI=1S/C22H25ClFNO3/c1-15(14-27-2)28-20-10-9-18(13-19(20)23)25-21(26)22(11-3-4-12-22)16-5-7-17(24)8-6-16/h5-10,13,15H,3-4,11-12,14H2,1-2H3,(H,25,26)/t15-/m0/s1. The van der Waals surface area contributed by atoms with Crippen molar-refractivity contribution in [1.29, 1.82) is 0 Å². The molecule has 150 valence electrons. The monoisotopic (exact) mass is 405 g/mol. The molecule has 0 unspecified atom stereocenters. The second kappa shape index (κ2) is 8.93. The minimum Gasteiger partial charge on any atom is -0.487 e. The van der Waals surface area contributed by atoms with Crippen molar-refractivity contribution in [3.05, 3.63) is 58.9 Å². The number of amides is 1. The van der Waals surface area contributed by atoms with Crippen LogP contribution >= 0.6 is 11.6 Å². The molecule has 1 fully saturated rings. The maximum absolute atomic E-state index is 13.3. The lowest BCUT2D eigenvalue weighted by molar-refractivity contribution is -0.121. The normalized spacial score (nSPS) is 16.6. The van der Waals surface area contributed by atoms with E-state index in [2.05, 4.69) is 5.32 Å². The zero-order valence-electron chi connectivity index (χ0n) is 16.1. The second-order valence-electron chi connectivity index (χ2n) is 7.28. The van der Waals surface area contributed by atoms with Crippen LogP contribution in [0.5, 0.6) is 5.75 Å². The Bertz CT molecular complexity index is 819. The Morgan fingerprint density at radius 1 is 1.21 bits per heavy atom. The summed E-state index contributed by atoms with van der Waals surface area (Å²) in [4.78, 5) is 13.2. The minimum absolute atomic E-state index is 0.0888. The Hall–Kier alpha value is -2.11. The van der Waals surface area contributed by atoms with Gasteiger partial charge >= 0.3 is 0 Å². The largest absolute Gasteiger partial charge is 0.487 e. The number of hydrogen-bond acceptors (Lipinski definition) is 3. The van der Waals surface area contributed by atoms with Gasteiger partial charge < -0.3 is 14.8 Å². The van der Waals surface area contributed by atoms with Crippen LogP contribution in [0.15, 0.2) is 42.5 Å². The number of carbonyl (C=O) groups is 1. The molecule has 0 aliphatic heterocycles. The number of methoxy groups -OCH3 is 1. The molecule has 1 aliphatic carbocycles. The first-order valence-electron chi connectivity index (χ1n) is 9.47. The van der Waals surface area contributed by atoms with E-state index < -0.39 is 5.41 Å². The van der Waals surface area contributed by atoms with Crippen LogP contribution in [0, 0.1) is 5.82 Å². The maximum atomic E-state index is 13.3. The smallest absolute Gasteiger partial charge is 0.235 e. The van der Waals surface area contributed by atoms with Crippen molar-refractivity contribution in [3.63, 3.8) is 0 Å². The molecule has 3 rings (SSSR count). The molecule has 0 aromatic heterocycles. The van der Waals surface area contributed by atoms with E-state index in [-0.39, 0.29) is 17.8 Å². The highest BCUT2D eigenvalue weighted by molar-refractivity contribution is 6.32. The Labute approximate surface area is 170 Å². The molecule has 4 nitrogen and oxygen atoms in total. The molecule has 28 heavy (non-hydrogen) atoms. The van der Waals surface area contributed by atoms with Gasteiger partial charge in [-0.2, -0.15) is 0 Å². The number of hydrogen-bond donors (Lipinski definition) is 1. The minimum atomic E-state index is -0.637. The molecule has 1 saturated carbocycles. The van der Waals surface area contributed by atoms with Crippen molar-refractivity contribution in [2.24, 2.45) is 0 Å². The summed E-state index contributed by atoms with van der Waals surface area (Å²) in [5.74, 6) is 0.148. The third-order valence-electron chi connectivity index (χ3n) is 5.21. The summed E-state index contributed by atoms with van der Waals surface area (Å²) in [6.45, 7) is 2.34. The van der Waals surface area contributed by atoms with E-state index in [1.807, 2.05) is 6.92 Å². The lowest BCUT2D eigenvalue weighted by atomic mass is 9.78. The molecule has 0 heterocycles. The van der Waals surface area contributed by atoms with Crippen LogP contribution in [-0.4, -0.2) is 25.7 Å². The van der Waals surface area contributed by atoms with Crippen molar-refractivity contribution in [2.75, 3.05) is 19.0 Å². The highest BCUT2D eigenvalue weighted by Gasteiger charge is 2.42. The topological polar surface area (TPSA) is 47.6 Å². The van der Waals surface area contributed by atoms with Crippen molar-refractivity contribution in [1.82, 2.24) is 0 Å². The van der Waals surface area contributed by atoms with E-state index in [0.717, 1.165) is 31.2 Å². The zero-order chi connectivity index (χ0) is 20.1. The summed E-state index contributed by atoms with van der Waals surface area (Å²) in [6, 6.07) is 11.4. The number of halogens is 2. The number of nitrogens with one attached hydrogen (secondary N) is 1. The molecular weight excluding hydrogens is 381 g/mol. The third-order valence-corrected chi connectivity index (χ3v) is 5.50. The fraction of sp³-hybridized carbons (Fsp3) is 0.409. The van der Waals surface area contributed by atoms with Gasteiger partial charge in [0, 0.05) is 12.8 Å². The third kappa shape index (κ3) is 4.47. The van der Waals surface area contributed by atoms with E-state index in [1.165, 1.54) is 12.1 Å². The van der Waals surface area contributed by atoms with Crippen molar-refractivity contribution >= 4 is 23.2 Å². The SMILES string of the molecule is COC[C@H](C)Oc1ccc(NC(=O)C2(c3ccc(F)cc3)CCCC2)cc1Cl. The number of anilines is 1. The Morgan fingerprint density at radius 2 is 1.89 bits per heavy atom. The second-order valence-corrected chi connectivity index (χ2v) is 7.69. The number of carbonyl (C=O) groups excluding carboxylic acids is 1. The van der Waals surface area contributed by atoms with Gasteiger partial charge in [-0.05, 0) is 55.7 Å². The average Bonchev–Trinajstić information content (AvgIpc) is 3.16. The lowest BCUT2D eigenvalue weighted by Crippen LogP contribution is -2.38. The molecule has 0 saturated heterocycles. The van der Waals surface area contributed by atoms with Crippen LogP contribution in [0.25, 0.3) is 0 Å². The molecule has 0 radical (unpaired) electrons. The van der Waals surface area contributed by atoms with E-state index in [0.29, 0.717) is 23.1 Å². The van der Waals surface area contributed by atoms with Gasteiger partial charge in [-0.3, -0.25) is 4.79 Å². The van der Waals surface area contributed by atoms with Gasteiger partial charge in [-0.15, -0.1) is 0 Å². The van der Waals surface area contributed by atoms with Crippen LogP contribution in [0.2, 0.25) is 5.02 Å². The van der Waals surface area contributed by atoms with Gasteiger partial charge in [-0.1, -0.05) is 36.6 Å². The van der Waals surface area contributed by atoms with Crippen molar-refractivity contribution < 1.29 is 18.7 Å². The maximum Gasteiger partial charge on any atom is 0.235 e. The highest BCUT2D eigenvalue weighted by atomic mass is 35.5. The van der Waals surface area contributed by atoms with Crippen LogP contribution < -0.4 is 10.1 Å². The molecule has 0 bridgehead atoms.